The molecule has 0 bridgehead atoms. The molecule has 0 saturated carbocycles. The van der Waals surface area contributed by atoms with Crippen molar-refractivity contribution < 1.29 is 9.53 Å². The van der Waals surface area contributed by atoms with Gasteiger partial charge in [0.2, 0.25) is 0 Å². The van der Waals surface area contributed by atoms with Gasteiger partial charge in [-0.1, -0.05) is 25.1 Å². The normalized spacial score (nSPS) is 11.6. The summed E-state index contributed by atoms with van der Waals surface area (Å²) in [6, 6.07) is 13.2. The van der Waals surface area contributed by atoms with Crippen LogP contribution in [0.5, 0.6) is 5.75 Å². The van der Waals surface area contributed by atoms with E-state index in [0.29, 0.717) is 16.9 Å². The van der Waals surface area contributed by atoms with E-state index >= 15 is 0 Å². The first kappa shape index (κ1) is 16.8. The molecule has 0 aliphatic rings. The Morgan fingerprint density at radius 1 is 1.17 bits per heavy atom. The Morgan fingerprint density at radius 2 is 1.83 bits per heavy atom. The minimum absolute atomic E-state index is 0.148. The van der Waals surface area contributed by atoms with Crippen LogP contribution in [0, 0.1) is 25.2 Å². The van der Waals surface area contributed by atoms with Gasteiger partial charge in [0.05, 0.1) is 13.2 Å². The fraction of sp³-hybridized carbons (Fsp3) is 0.300. The quantitative estimate of drug-likeness (QED) is 0.771. The first-order valence-electron chi connectivity index (χ1n) is 7.69. The predicted molar refractivity (Wildman–Crippen MR) is 91.0 cm³/mol. The largest absolute Gasteiger partial charge is 0.497 e. The monoisotopic (exact) mass is 307 g/mol. The molecular formula is C20H21NO2. The maximum Gasteiger partial charge on any atom is 0.184 e. The standard InChI is InChI=1S/C20H21NO2/c1-5-15-11-18(14(3)10-13(15)2)20(22)19(12-21)16-6-8-17(23-4)9-7-16/h6-11,19H,5H2,1-4H3. The van der Waals surface area contributed by atoms with E-state index in [4.69, 9.17) is 4.74 Å². The molecule has 0 amide bonds. The van der Waals surface area contributed by atoms with Crippen LogP contribution in [0.3, 0.4) is 0 Å². The Kier molecular flexibility index (Phi) is 5.18. The second kappa shape index (κ2) is 7.11. The van der Waals surface area contributed by atoms with Crippen molar-refractivity contribution in [2.45, 2.75) is 33.1 Å². The molecule has 0 fully saturated rings. The van der Waals surface area contributed by atoms with Crippen LogP contribution in [0.2, 0.25) is 0 Å². The van der Waals surface area contributed by atoms with E-state index in [1.807, 2.05) is 26.0 Å². The molecule has 118 valence electrons. The van der Waals surface area contributed by atoms with Crippen molar-refractivity contribution in [1.82, 2.24) is 0 Å². The Morgan fingerprint density at radius 3 is 2.35 bits per heavy atom. The van der Waals surface area contributed by atoms with Gasteiger partial charge >= 0.3 is 0 Å². The topological polar surface area (TPSA) is 50.1 Å². The van der Waals surface area contributed by atoms with Crippen LogP contribution in [0.1, 0.15) is 45.5 Å². The second-order valence-corrected chi connectivity index (χ2v) is 5.65. The summed E-state index contributed by atoms with van der Waals surface area (Å²) in [5, 5.41) is 9.51. The molecule has 0 aromatic heterocycles. The van der Waals surface area contributed by atoms with E-state index in [1.165, 1.54) is 5.56 Å². The number of nitriles is 1. The molecule has 3 nitrogen and oxygen atoms in total. The van der Waals surface area contributed by atoms with Crippen LogP contribution in [0.15, 0.2) is 36.4 Å². The first-order valence-corrected chi connectivity index (χ1v) is 7.69. The highest BCUT2D eigenvalue weighted by Gasteiger charge is 2.23. The number of benzene rings is 2. The van der Waals surface area contributed by atoms with E-state index < -0.39 is 5.92 Å². The smallest absolute Gasteiger partial charge is 0.184 e. The van der Waals surface area contributed by atoms with Gasteiger partial charge < -0.3 is 4.74 Å². The Balaban J connectivity index is 2.42. The zero-order chi connectivity index (χ0) is 17.0. The van der Waals surface area contributed by atoms with Gasteiger partial charge in [0.25, 0.3) is 0 Å². The summed E-state index contributed by atoms with van der Waals surface area (Å²) < 4.78 is 5.12. The number of aryl methyl sites for hydroxylation is 3. The maximum atomic E-state index is 12.9. The van der Waals surface area contributed by atoms with Crippen LogP contribution < -0.4 is 4.74 Å². The lowest BCUT2D eigenvalue weighted by Gasteiger charge is -2.14. The number of Topliss-reactive ketones (excluding diaryl/α,β-unsaturated/α-hetero) is 1. The van der Waals surface area contributed by atoms with Crippen molar-refractivity contribution in [2.75, 3.05) is 7.11 Å². The number of nitrogens with zero attached hydrogens (tertiary/aromatic N) is 1. The number of ketones is 1. The zero-order valence-corrected chi connectivity index (χ0v) is 14.0. The molecule has 0 spiro atoms. The minimum Gasteiger partial charge on any atom is -0.497 e. The summed E-state index contributed by atoms with van der Waals surface area (Å²) in [5.41, 5.74) is 4.56. The molecule has 0 aliphatic heterocycles. The van der Waals surface area contributed by atoms with Crippen molar-refractivity contribution >= 4 is 5.78 Å². The highest BCUT2D eigenvalue weighted by atomic mass is 16.5. The van der Waals surface area contributed by atoms with E-state index in [0.717, 1.165) is 17.5 Å². The summed E-state index contributed by atoms with van der Waals surface area (Å²) in [7, 11) is 1.59. The third-order valence-electron chi connectivity index (χ3n) is 4.17. The van der Waals surface area contributed by atoms with E-state index in [2.05, 4.69) is 13.0 Å². The van der Waals surface area contributed by atoms with Gasteiger partial charge in [-0.15, -0.1) is 0 Å². The summed E-state index contributed by atoms with van der Waals surface area (Å²) in [5.74, 6) is -0.241. The van der Waals surface area contributed by atoms with Crippen molar-refractivity contribution in [2.24, 2.45) is 0 Å². The number of methoxy groups -OCH3 is 1. The Labute approximate surface area is 137 Å². The summed E-state index contributed by atoms with van der Waals surface area (Å²) in [6.45, 7) is 6.03. The zero-order valence-electron chi connectivity index (χ0n) is 14.0. The lowest BCUT2D eigenvalue weighted by atomic mass is 9.87. The third kappa shape index (κ3) is 3.43. The summed E-state index contributed by atoms with van der Waals surface area (Å²) in [4.78, 5) is 12.9. The molecule has 2 aromatic rings. The van der Waals surface area contributed by atoms with E-state index in [-0.39, 0.29) is 5.78 Å². The van der Waals surface area contributed by atoms with Crippen molar-refractivity contribution in [1.29, 1.82) is 5.26 Å². The fourth-order valence-electron chi connectivity index (χ4n) is 2.78. The van der Waals surface area contributed by atoms with Gasteiger partial charge in [0, 0.05) is 5.56 Å². The third-order valence-corrected chi connectivity index (χ3v) is 4.17. The Hall–Kier alpha value is -2.60. The van der Waals surface area contributed by atoms with E-state index in [1.54, 1.807) is 31.4 Å². The molecule has 1 unspecified atom stereocenters. The number of rotatable bonds is 5. The molecule has 0 aliphatic carbocycles. The molecule has 0 radical (unpaired) electrons. The van der Waals surface area contributed by atoms with Gasteiger partial charge in [-0.3, -0.25) is 4.79 Å². The molecule has 0 saturated heterocycles. The average molecular weight is 307 g/mol. The highest BCUT2D eigenvalue weighted by molar-refractivity contribution is 6.04. The van der Waals surface area contributed by atoms with Gasteiger partial charge in [0.15, 0.2) is 5.78 Å². The molecule has 2 aromatic carbocycles. The van der Waals surface area contributed by atoms with Crippen LogP contribution in [-0.4, -0.2) is 12.9 Å². The lowest BCUT2D eigenvalue weighted by molar-refractivity contribution is 0.0978. The fourth-order valence-corrected chi connectivity index (χ4v) is 2.78. The van der Waals surface area contributed by atoms with Crippen molar-refractivity contribution in [3.8, 4) is 11.8 Å². The average Bonchev–Trinajstić information content (AvgIpc) is 2.56. The van der Waals surface area contributed by atoms with Crippen LogP contribution in [-0.2, 0) is 6.42 Å². The number of ether oxygens (including phenoxy) is 1. The molecule has 0 N–H and O–H groups in total. The van der Waals surface area contributed by atoms with Crippen molar-refractivity contribution in [3.63, 3.8) is 0 Å². The number of hydrogen-bond acceptors (Lipinski definition) is 3. The lowest BCUT2D eigenvalue weighted by Crippen LogP contribution is -2.13. The highest BCUT2D eigenvalue weighted by Crippen LogP contribution is 2.26. The van der Waals surface area contributed by atoms with Crippen molar-refractivity contribution in [3.05, 3.63) is 64.2 Å². The minimum atomic E-state index is -0.799. The first-order chi connectivity index (χ1) is 11.0. The molecule has 3 heteroatoms. The van der Waals surface area contributed by atoms with E-state index in [9.17, 15) is 10.1 Å². The number of carbonyl (C=O) groups excluding carboxylic acids is 1. The Bertz CT molecular complexity index is 754. The number of hydrogen-bond donors (Lipinski definition) is 0. The molecule has 23 heavy (non-hydrogen) atoms. The van der Waals surface area contributed by atoms with Gasteiger partial charge in [-0.2, -0.15) is 5.26 Å². The van der Waals surface area contributed by atoms with Gasteiger partial charge in [0.1, 0.15) is 11.7 Å². The summed E-state index contributed by atoms with van der Waals surface area (Å²) in [6.07, 6.45) is 0.867. The number of carbonyl (C=O) groups is 1. The van der Waals surface area contributed by atoms with Crippen LogP contribution in [0.25, 0.3) is 0 Å². The van der Waals surface area contributed by atoms with Crippen LogP contribution in [0.4, 0.5) is 0 Å². The molecule has 1 atom stereocenters. The SMILES string of the molecule is CCc1cc(C(=O)C(C#N)c2ccc(OC)cc2)c(C)cc1C. The van der Waals surface area contributed by atoms with Crippen LogP contribution >= 0.6 is 0 Å². The molecule has 2 rings (SSSR count). The molecule has 0 heterocycles. The molecular weight excluding hydrogens is 286 g/mol. The van der Waals surface area contributed by atoms with Gasteiger partial charge in [-0.05, 0) is 60.7 Å². The predicted octanol–water partition coefficient (Wildman–Crippen LogP) is 4.36. The summed E-state index contributed by atoms with van der Waals surface area (Å²) >= 11 is 0. The maximum absolute atomic E-state index is 12.9. The van der Waals surface area contributed by atoms with Gasteiger partial charge in [-0.25, -0.2) is 0 Å². The second-order valence-electron chi connectivity index (χ2n) is 5.65.